The molecule has 0 radical (unpaired) electrons. The van der Waals surface area contributed by atoms with Crippen molar-refractivity contribution in [2.75, 3.05) is 20.1 Å². The van der Waals surface area contributed by atoms with Crippen molar-refractivity contribution < 1.29 is 14.4 Å². The summed E-state index contributed by atoms with van der Waals surface area (Å²) in [5.41, 5.74) is 10.8. The molecule has 4 rings (SSSR count). The first kappa shape index (κ1) is 32.0. The van der Waals surface area contributed by atoms with E-state index in [1.54, 1.807) is 18.2 Å². The number of primary amides is 1. The number of rotatable bonds is 5. The number of aryl methyl sites for hydroxylation is 2. The van der Waals surface area contributed by atoms with Gasteiger partial charge < -0.3 is 21.3 Å². The van der Waals surface area contributed by atoms with Gasteiger partial charge in [-0.2, -0.15) is 0 Å². The standard InChI is InChI=1S/C21H33N3O2.C10H12.CH3NO/c1-14(2)16-8-7-15-9-10-24(13-17(15)11-16)20(26)19(21(3,4)5)23-18(25)12-22-6;1-2-6-10-8-4-3-7-9(10)5-1;2-1-3/h7-8,11,14,19,22H,9-10,12-13H2,1-6H3,(H,23,25);1-2,5-6H,3-4,7-8H2;1H,(H2,2,3). The van der Waals surface area contributed by atoms with Crippen LogP contribution in [-0.4, -0.2) is 49.3 Å². The lowest BCUT2D eigenvalue weighted by Crippen LogP contribution is -2.56. The van der Waals surface area contributed by atoms with E-state index in [9.17, 15) is 9.59 Å². The number of carbonyl (C=O) groups is 3. The van der Waals surface area contributed by atoms with Gasteiger partial charge in [0, 0.05) is 13.1 Å². The van der Waals surface area contributed by atoms with E-state index in [-0.39, 0.29) is 30.2 Å². The Labute approximate surface area is 234 Å². The quantitative estimate of drug-likeness (QED) is 0.500. The summed E-state index contributed by atoms with van der Waals surface area (Å²) in [6, 6.07) is 14.9. The normalized spacial score (nSPS) is 14.9. The highest BCUT2D eigenvalue weighted by Crippen LogP contribution is 2.27. The molecule has 4 N–H and O–H groups in total. The fourth-order valence-electron chi connectivity index (χ4n) is 5.00. The van der Waals surface area contributed by atoms with Gasteiger partial charge in [-0.3, -0.25) is 14.4 Å². The molecule has 0 spiro atoms. The lowest BCUT2D eigenvalue weighted by molar-refractivity contribution is -0.140. The summed E-state index contributed by atoms with van der Waals surface area (Å²) in [7, 11) is 1.72. The largest absolute Gasteiger partial charge is 0.372 e. The van der Waals surface area contributed by atoms with Crippen molar-refractivity contribution in [3.8, 4) is 0 Å². The number of hydrogen-bond acceptors (Lipinski definition) is 4. The van der Waals surface area contributed by atoms with E-state index in [2.05, 4.69) is 72.7 Å². The summed E-state index contributed by atoms with van der Waals surface area (Å²) in [5.74, 6) is 0.317. The van der Waals surface area contributed by atoms with E-state index in [0.717, 1.165) is 6.42 Å². The van der Waals surface area contributed by atoms with Crippen LogP contribution in [0.3, 0.4) is 0 Å². The van der Waals surface area contributed by atoms with Crippen LogP contribution in [0, 0.1) is 5.41 Å². The van der Waals surface area contributed by atoms with Gasteiger partial charge in [0.15, 0.2) is 0 Å². The second-order valence-corrected chi connectivity index (χ2v) is 11.7. The fourth-order valence-corrected chi connectivity index (χ4v) is 5.00. The van der Waals surface area contributed by atoms with Crippen molar-refractivity contribution in [3.63, 3.8) is 0 Å². The highest BCUT2D eigenvalue weighted by atomic mass is 16.2. The molecule has 214 valence electrons. The van der Waals surface area contributed by atoms with Crippen LogP contribution in [0.15, 0.2) is 42.5 Å². The summed E-state index contributed by atoms with van der Waals surface area (Å²) in [5, 5.41) is 5.75. The van der Waals surface area contributed by atoms with Crippen LogP contribution in [0.4, 0.5) is 0 Å². The third kappa shape index (κ3) is 9.81. The van der Waals surface area contributed by atoms with Crippen molar-refractivity contribution in [3.05, 3.63) is 70.3 Å². The Bertz CT molecular complexity index is 1070. The van der Waals surface area contributed by atoms with Crippen molar-refractivity contribution in [1.82, 2.24) is 15.5 Å². The Morgan fingerprint density at radius 1 is 0.974 bits per heavy atom. The zero-order valence-electron chi connectivity index (χ0n) is 24.7. The zero-order valence-corrected chi connectivity index (χ0v) is 24.7. The van der Waals surface area contributed by atoms with Crippen molar-refractivity contribution in [1.29, 1.82) is 0 Å². The number of hydrogen-bond donors (Lipinski definition) is 3. The summed E-state index contributed by atoms with van der Waals surface area (Å²) in [6.07, 6.45) is 6.49. The van der Waals surface area contributed by atoms with Crippen LogP contribution in [0.1, 0.15) is 81.2 Å². The first-order valence-electron chi connectivity index (χ1n) is 14.1. The van der Waals surface area contributed by atoms with Crippen LogP contribution in [0.2, 0.25) is 0 Å². The van der Waals surface area contributed by atoms with Crippen LogP contribution in [-0.2, 0) is 40.2 Å². The number of nitrogens with one attached hydrogen (secondary N) is 2. The second kappa shape index (κ2) is 15.4. The Balaban J connectivity index is 0.000000335. The third-order valence-corrected chi connectivity index (χ3v) is 7.24. The predicted octanol–water partition coefficient (Wildman–Crippen LogP) is 4.11. The lowest BCUT2D eigenvalue weighted by Gasteiger charge is -2.37. The predicted molar refractivity (Wildman–Crippen MR) is 158 cm³/mol. The molecule has 2 aromatic rings. The molecule has 3 amide bonds. The maximum atomic E-state index is 13.2. The monoisotopic (exact) mass is 536 g/mol. The molecule has 7 nitrogen and oxygen atoms in total. The van der Waals surface area contributed by atoms with Crippen LogP contribution < -0.4 is 16.4 Å². The average molecular weight is 537 g/mol. The number of likely N-dealkylation sites (N-methyl/N-ethyl adjacent to an activating group) is 1. The molecular formula is C32H48N4O3. The summed E-state index contributed by atoms with van der Waals surface area (Å²) < 4.78 is 0. The fraction of sp³-hybridized carbons (Fsp3) is 0.531. The maximum Gasteiger partial charge on any atom is 0.246 e. The van der Waals surface area contributed by atoms with Gasteiger partial charge >= 0.3 is 0 Å². The Hall–Kier alpha value is -3.19. The van der Waals surface area contributed by atoms with E-state index in [1.165, 1.54) is 42.4 Å². The second-order valence-electron chi connectivity index (χ2n) is 11.7. The lowest BCUT2D eigenvalue weighted by atomic mass is 9.85. The van der Waals surface area contributed by atoms with E-state index in [1.807, 2.05) is 25.7 Å². The number of nitrogens with two attached hydrogens (primary N) is 1. The van der Waals surface area contributed by atoms with E-state index in [4.69, 9.17) is 4.79 Å². The van der Waals surface area contributed by atoms with Crippen LogP contribution >= 0.6 is 0 Å². The molecular weight excluding hydrogens is 488 g/mol. The van der Waals surface area contributed by atoms with Gasteiger partial charge in [0.05, 0.1) is 6.54 Å². The Morgan fingerprint density at radius 2 is 1.54 bits per heavy atom. The molecule has 0 bridgehead atoms. The molecule has 7 heteroatoms. The number of amides is 3. The molecule has 0 aromatic heterocycles. The molecule has 1 unspecified atom stereocenters. The first-order valence-corrected chi connectivity index (χ1v) is 14.1. The summed E-state index contributed by atoms with van der Waals surface area (Å²) >= 11 is 0. The summed E-state index contributed by atoms with van der Waals surface area (Å²) in [4.78, 5) is 35.7. The maximum absolute atomic E-state index is 13.2. The highest BCUT2D eigenvalue weighted by molar-refractivity contribution is 5.89. The van der Waals surface area contributed by atoms with Gasteiger partial charge in [-0.1, -0.05) is 77.1 Å². The van der Waals surface area contributed by atoms with Crippen molar-refractivity contribution >= 4 is 18.2 Å². The molecule has 39 heavy (non-hydrogen) atoms. The number of benzene rings is 2. The summed E-state index contributed by atoms with van der Waals surface area (Å²) in [6.45, 7) is 11.9. The van der Waals surface area contributed by atoms with Crippen molar-refractivity contribution in [2.24, 2.45) is 11.1 Å². The molecule has 0 saturated heterocycles. The Kier molecular flexibility index (Phi) is 12.7. The average Bonchev–Trinajstić information content (AvgIpc) is 2.91. The van der Waals surface area contributed by atoms with Gasteiger partial charge in [0.1, 0.15) is 6.04 Å². The molecule has 0 saturated carbocycles. The minimum atomic E-state index is -0.529. The van der Waals surface area contributed by atoms with Crippen LogP contribution in [0.5, 0.6) is 0 Å². The van der Waals surface area contributed by atoms with Gasteiger partial charge in [0.25, 0.3) is 0 Å². The molecule has 2 aromatic carbocycles. The van der Waals surface area contributed by atoms with Gasteiger partial charge in [0.2, 0.25) is 18.2 Å². The van der Waals surface area contributed by atoms with Gasteiger partial charge in [-0.05, 0) is 78.3 Å². The SMILES string of the molecule is CNCC(=O)NC(C(=O)N1CCc2ccc(C(C)C)cc2C1)C(C)(C)C.NC=O.c1ccc2c(c1)CCCC2. The number of nitrogens with zero attached hydrogens (tertiary/aromatic N) is 1. The Morgan fingerprint density at radius 3 is 2.05 bits per heavy atom. The van der Waals surface area contributed by atoms with E-state index < -0.39 is 6.04 Å². The van der Waals surface area contributed by atoms with Gasteiger partial charge in [-0.15, -0.1) is 0 Å². The van der Waals surface area contributed by atoms with Gasteiger partial charge in [-0.25, -0.2) is 0 Å². The highest BCUT2D eigenvalue weighted by Gasteiger charge is 2.36. The van der Waals surface area contributed by atoms with E-state index in [0.29, 0.717) is 19.0 Å². The molecule has 1 heterocycles. The first-order chi connectivity index (χ1) is 18.5. The molecule has 1 aliphatic carbocycles. The van der Waals surface area contributed by atoms with Crippen LogP contribution in [0.25, 0.3) is 0 Å². The minimum Gasteiger partial charge on any atom is -0.372 e. The van der Waals surface area contributed by atoms with E-state index >= 15 is 0 Å². The zero-order chi connectivity index (χ0) is 29.0. The molecule has 1 aliphatic heterocycles. The van der Waals surface area contributed by atoms with Crippen molar-refractivity contribution in [2.45, 2.75) is 85.2 Å². The number of carbonyl (C=O) groups excluding carboxylic acids is 3. The molecule has 2 aliphatic rings. The minimum absolute atomic E-state index is 0.00236. The molecule has 1 atom stereocenters. The smallest absolute Gasteiger partial charge is 0.246 e. The third-order valence-electron chi connectivity index (χ3n) is 7.24. The molecule has 0 fully saturated rings. The number of fused-ring (bicyclic) bond motifs is 2. The topological polar surface area (TPSA) is 105 Å².